The van der Waals surface area contributed by atoms with E-state index in [0.717, 1.165) is 28.4 Å². The van der Waals surface area contributed by atoms with Gasteiger partial charge in [0.15, 0.2) is 0 Å². The number of benzene rings is 1. The van der Waals surface area contributed by atoms with Gasteiger partial charge < -0.3 is 19.2 Å². The largest absolute Gasteiger partial charge is 0.497 e. The molecular formula is C15H19NO3. The molecule has 0 saturated carbocycles. The molecule has 1 N–H and O–H groups in total. The van der Waals surface area contributed by atoms with Gasteiger partial charge in [0.2, 0.25) is 0 Å². The van der Waals surface area contributed by atoms with Gasteiger partial charge in [-0.3, -0.25) is 0 Å². The summed E-state index contributed by atoms with van der Waals surface area (Å²) in [4.78, 5) is 0. The first-order valence-corrected chi connectivity index (χ1v) is 6.13. The summed E-state index contributed by atoms with van der Waals surface area (Å²) in [5, 5.41) is 3.29. The Labute approximate surface area is 113 Å². The van der Waals surface area contributed by atoms with Gasteiger partial charge >= 0.3 is 0 Å². The minimum Gasteiger partial charge on any atom is -0.497 e. The molecule has 4 nitrogen and oxygen atoms in total. The highest BCUT2D eigenvalue weighted by atomic mass is 16.5. The number of rotatable bonds is 5. The van der Waals surface area contributed by atoms with Crippen LogP contribution >= 0.6 is 0 Å². The van der Waals surface area contributed by atoms with Crippen LogP contribution in [0, 0.1) is 6.92 Å². The van der Waals surface area contributed by atoms with Crippen LogP contribution in [-0.4, -0.2) is 21.3 Å². The number of hydrogen-bond acceptors (Lipinski definition) is 4. The Morgan fingerprint density at radius 2 is 1.74 bits per heavy atom. The lowest BCUT2D eigenvalue weighted by atomic mass is 9.99. The van der Waals surface area contributed by atoms with E-state index in [0.29, 0.717) is 0 Å². The second kappa shape index (κ2) is 5.80. The first-order chi connectivity index (χ1) is 9.19. The van der Waals surface area contributed by atoms with E-state index in [2.05, 4.69) is 5.32 Å². The molecule has 19 heavy (non-hydrogen) atoms. The van der Waals surface area contributed by atoms with E-state index < -0.39 is 0 Å². The van der Waals surface area contributed by atoms with Crippen LogP contribution in [0.3, 0.4) is 0 Å². The van der Waals surface area contributed by atoms with Crippen LogP contribution in [-0.2, 0) is 0 Å². The van der Waals surface area contributed by atoms with Crippen LogP contribution in [0.5, 0.6) is 11.5 Å². The Hall–Kier alpha value is -1.94. The minimum atomic E-state index is 0.0442. The van der Waals surface area contributed by atoms with Crippen LogP contribution in [0.1, 0.15) is 22.9 Å². The van der Waals surface area contributed by atoms with Gasteiger partial charge in [0, 0.05) is 11.6 Å². The maximum atomic E-state index is 5.38. The predicted molar refractivity (Wildman–Crippen MR) is 73.9 cm³/mol. The standard InChI is InChI=1S/C15H19NO3/c1-10-14(5-6-19-10)15(16-2)11-7-12(17-3)9-13(8-11)18-4/h5-9,15-16H,1-4H3. The fourth-order valence-corrected chi connectivity index (χ4v) is 2.19. The molecule has 4 heteroatoms. The molecule has 0 fully saturated rings. The van der Waals surface area contributed by atoms with Gasteiger partial charge in [0.1, 0.15) is 17.3 Å². The Balaban J connectivity index is 2.46. The third-order valence-electron chi connectivity index (χ3n) is 3.21. The molecule has 2 rings (SSSR count). The van der Waals surface area contributed by atoms with E-state index >= 15 is 0 Å². The molecule has 0 bridgehead atoms. The third-order valence-corrected chi connectivity index (χ3v) is 3.21. The van der Waals surface area contributed by atoms with Crippen molar-refractivity contribution in [3.8, 4) is 11.5 Å². The van der Waals surface area contributed by atoms with Gasteiger partial charge in [0.25, 0.3) is 0 Å². The van der Waals surface area contributed by atoms with E-state index in [1.807, 2.05) is 38.2 Å². The van der Waals surface area contributed by atoms with Crippen LogP contribution in [0.2, 0.25) is 0 Å². The highest BCUT2D eigenvalue weighted by molar-refractivity contribution is 5.43. The van der Waals surface area contributed by atoms with Crippen molar-refractivity contribution >= 4 is 0 Å². The topological polar surface area (TPSA) is 43.6 Å². The number of methoxy groups -OCH3 is 2. The second-order valence-corrected chi connectivity index (χ2v) is 4.30. The van der Waals surface area contributed by atoms with Gasteiger partial charge in [-0.05, 0) is 37.7 Å². The van der Waals surface area contributed by atoms with Crippen molar-refractivity contribution in [2.75, 3.05) is 21.3 Å². The summed E-state index contributed by atoms with van der Waals surface area (Å²) < 4.78 is 16.0. The first kappa shape index (κ1) is 13.5. The van der Waals surface area contributed by atoms with Gasteiger partial charge in [-0.2, -0.15) is 0 Å². The summed E-state index contributed by atoms with van der Waals surface area (Å²) in [6.07, 6.45) is 1.70. The van der Waals surface area contributed by atoms with E-state index in [9.17, 15) is 0 Å². The zero-order chi connectivity index (χ0) is 13.8. The van der Waals surface area contributed by atoms with Crippen LogP contribution in [0.15, 0.2) is 34.9 Å². The van der Waals surface area contributed by atoms with E-state index in [4.69, 9.17) is 13.9 Å². The average Bonchev–Trinajstić information content (AvgIpc) is 2.85. The smallest absolute Gasteiger partial charge is 0.122 e. The molecule has 0 amide bonds. The average molecular weight is 261 g/mol. The van der Waals surface area contributed by atoms with Crippen molar-refractivity contribution < 1.29 is 13.9 Å². The van der Waals surface area contributed by atoms with Gasteiger partial charge in [0.05, 0.1) is 26.5 Å². The second-order valence-electron chi connectivity index (χ2n) is 4.30. The van der Waals surface area contributed by atoms with Gasteiger partial charge in [-0.15, -0.1) is 0 Å². The van der Waals surface area contributed by atoms with Crippen molar-refractivity contribution in [1.29, 1.82) is 0 Å². The summed E-state index contributed by atoms with van der Waals surface area (Å²) in [6.45, 7) is 1.96. The first-order valence-electron chi connectivity index (χ1n) is 6.13. The summed E-state index contributed by atoms with van der Waals surface area (Å²) in [5.74, 6) is 2.45. The lowest BCUT2D eigenvalue weighted by Gasteiger charge is -2.18. The maximum absolute atomic E-state index is 5.38. The van der Waals surface area contributed by atoms with Crippen LogP contribution < -0.4 is 14.8 Å². The fraction of sp³-hybridized carbons (Fsp3) is 0.333. The van der Waals surface area contributed by atoms with Crippen molar-refractivity contribution in [1.82, 2.24) is 5.32 Å². The van der Waals surface area contributed by atoms with Crippen LogP contribution in [0.4, 0.5) is 0 Å². The SMILES string of the molecule is CNC(c1cc(OC)cc(OC)c1)c1ccoc1C. The maximum Gasteiger partial charge on any atom is 0.122 e. The molecule has 0 saturated heterocycles. The highest BCUT2D eigenvalue weighted by Gasteiger charge is 2.17. The lowest BCUT2D eigenvalue weighted by molar-refractivity contribution is 0.392. The summed E-state index contributed by atoms with van der Waals surface area (Å²) >= 11 is 0. The lowest BCUT2D eigenvalue weighted by Crippen LogP contribution is -2.18. The van der Waals surface area contributed by atoms with Gasteiger partial charge in [-0.25, -0.2) is 0 Å². The number of ether oxygens (including phenoxy) is 2. The van der Waals surface area contributed by atoms with Crippen molar-refractivity contribution in [2.45, 2.75) is 13.0 Å². The zero-order valence-electron chi connectivity index (χ0n) is 11.7. The van der Waals surface area contributed by atoms with E-state index in [1.54, 1.807) is 20.5 Å². The Bertz CT molecular complexity index is 526. The Morgan fingerprint density at radius 3 is 2.16 bits per heavy atom. The Kier molecular flexibility index (Phi) is 4.12. The minimum absolute atomic E-state index is 0.0442. The summed E-state index contributed by atoms with van der Waals surface area (Å²) in [7, 11) is 5.22. The molecule has 0 aliphatic carbocycles. The van der Waals surface area contributed by atoms with Crippen LogP contribution in [0.25, 0.3) is 0 Å². The molecule has 1 aromatic carbocycles. The molecule has 1 atom stereocenters. The molecule has 2 aromatic rings. The summed E-state index contributed by atoms with van der Waals surface area (Å²) in [6, 6.07) is 7.87. The quantitative estimate of drug-likeness (QED) is 0.898. The molecule has 0 radical (unpaired) electrons. The van der Waals surface area contributed by atoms with Crippen molar-refractivity contribution in [3.05, 3.63) is 47.4 Å². The molecule has 0 spiro atoms. The monoisotopic (exact) mass is 261 g/mol. The third kappa shape index (κ3) is 2.74. The van der Waals surface area contributed by atoms with Gasteiger partial charge in [-0.1, -0.05) is 0 Å². The molecule has 0 aliphatic rings. The zero-order valence-corrected chi connectivity index (χ0v) is 11.7. The Morgan fingerprint density at radius 1 is 1.11 bits per heavy atom. The molecule has 1 unspecified atom stereocenters. The normalized spacial score (nSPS) is 12.2. The molecule has 0 aliphatic heterocycles. The van der Waals surface area contributed by atoms with Crippen molar-refractivity contribution in [3.63, 3.8) is 0 Å². The number of nitrogens with one attached hydrogen (secondary N) is 1. The van der Waals surface area contributed by atoms with Crippen molar-refractivity contribution in [2.24, 2.45) is 0 Å². The highest BCUT2D eigenvalue weighted by Crippen LogP contribution is 2.31. The fourth-order valence-electron chi connectivity index (χ4n) is 2.19. The number of furan rings is 1. The van der Waals surface area contributed by atoms with E-state index in [-0.39, 0.29) is 6.04 Å². The molecule has 102 valence electrons. The number of aryl methyl sites for hydroxylation is 1. The summed E-state index contributed by atoms with van der Waals surface area (Å²) in [5.41, 5.74) is 2.18. The number of hydrogen-bond donors (Lipinski definition) is 1. The molecule has 1 aromatic heterocycles. The molecular weight excluding hydrogens is 242 g/mol. The predicted octanol–water partition coefficient (Wildman–Crippen LogP) is 2.91. The van der Waals surface area contributed by atoms with E-state index in [1.165, 1.54) is 0 Å². The molecule has 1 heterocycles.